The second-order valence-corrected chi connectivity index (χ2v) is 6.98. The predicted octanol–water partition coefficient (Wildman–Crippen LogP) is 2.35. The van der Waals surface area contributed by atoms with Crippen LogP contribution in [-0.4, -0.2) is 32.2 Å². The highest BCUT2D eigenvalue weighted by molar-refractivity contribution is 7.08. The van der Waals surface area contributed by atoms with Crippen LogP contribution in [0.2, 0.25) is 0 Å². The van der Waals surface area contributed by atoms with Crippen molar-refractivity contribution >= 4 is 22.9 Å². The van der Waals surface area contributed by atoms with Gasteiger partial charge >= 0.3 is 0 Å². The van der Waals surface area contributed by atoms with Gasteiger partial charge < -0.3 is 10.4 Å². The number of amides is 1. The molecule has 0 fully saturated rings. The molecule has 0 saturated carbocycles. The van der Waals surface area contributed by atoms with Crippen LogP contribution in [0.25, 0.3) is 5.65 Å². The summed E-state index contributed by atoms with van der Waals surface area (Å²) < 4.78 is 1.67. The molecular formula is C17H20N4O2S. The van der Waals surface area contributed by atoms with Crippen molar-refractivity contribution in [3.05, 3.63) is 51.1 Å². The molecule has 3 aromatic rings. The minimum absolute atomic E-state index is 0.115. The average Bonchev–Trinajstić information content (AvgIpc) is 3.13. The number of rotatable bonds is 4. The summed E-state index contributed by atoms with van der Waals surface area (Å²) in [5.74, 6) is -0.282. The predicted molar refractivity (Wildman–Crippen MR) is 93.4 cm³/mol. The zero-order valence-electron chi connectivity index (χ0n) is 14.1. The molecule has 0 aromatic carbocycles. The van der Waals surface area contributed by atoms with Crippen LogP contribution in [0.4, 0.5) is 0 Å². The molecule has 3 aromatic heterocycles. The van der Waals surface area contributed by atoms with Crippen molar-refractivity contribution in [1.29, 1.82) is 0 Å². The SMILES string of the molecule is Cc1cc(C)n2nc(C)c(C(=O)NCC(C)(O)c3ccsc3)c2n1. The maximum Gasteiger partial charge on any atom is 0.257 e. The Morgan fingerprint density at radius 2 is 2.17 bits per heavy atom. The lowest BCUT2D eigenvalue weighted by atomic mass is 9.99. The molecule has 0 aliphatic heterocycles. The second kappa shape index (κ2) is 5.99. The Hall–Kier alpha value is -2.25. The Labute approximate surface area is 144 Å². The Kier molecular flexibility index (Phi) is 4.15. The normalized spacial score (nSPS) is 13.9. The number of aromatic nitrogens is 3. The summed E-state index contributed by atoms with van der Waals surface area (Å²) in [4.78, 5) is 17.1. The monoisotopic (exact) mass is 344 g/mol. The zero-order chi connectivity index (χ0) is 17.5. The summed E-state index contributed by atoms with van der Waals surface area (Å²) >= 11 is 1.51. The fourth-order valence-electron chi connectivity index (χ4n) is 2.71. The summed E-state index contributed by atoms with van der Waals surface area (Å²) in [7, 11) is 0. The zero-order valence-corrected chi connectivity index (χ0v) is 14.9. The molecule has 3 heterocycles. The highest BCUT2D eigenvalue weighted by Gasteiger charge is 2.26. The summed E-state index contributed by atoms with van der Waals surface area (Å²) in [6.07, 6.45) is 0. The number of aliphatic hydroxyl groups is 1. The van der Waals surface area contributed by atoms with Gasteiger partial charge in [-0.2, -0.15) is 16.4 Å². The average molecular weight is 344 g/mol. The summed E-state index contributed by atoms with van der Waals surface area (Å²) in [6.45, 7) is 7.40. The van der Waals surface area contributed by atoms with Gasteiger partial charge in [-0.15, -0.1) is 0 Å². The first kappa shape index (κ1) is 16.6. The van der Waals surface area contributed by atoms with E-state index in [0.29, 0.717) is 16.9 Å². The number of nitrogens with one attached hydrogen (secondary N) is 1. The van der Waals surface area contributed by atoms with Gasteiger partial charge in [-0.05, 0) is 56.2 Å². The van der Waals surface area contributed by atoms with E-state index in [1.807, 2.05) is 36.7 Å². The Morgan fingerprint density at radius 3 is 2.83 bits per heavy atom. The van der Waals surface area contributed by atoms with Gasteiger partial charge in [-0.3, -0.25) is 4.79 Å². The Morgan fingerprint density at radius 1 is 1.42 bits per heavy atom. The number of carbonyl (C=O) groups is 1. The van der Waals surface area contributed by atoms with Crippen LogP contribution in [0, 0.1) is 20.8 Å². The molecule has 3 rings (SSSR count). The highest BCUT2D eigenvalue weighted by atomic mass is 32.1. The first-order valence-electron chi connectivity index (χ1n) is 7.66. The molecular weight excluding hydrogens is 324 g/mol. The fraction of sp³-hybridized carbons (Fsp3) is 0.353. The maximum atomic E-state index is 12.7. The lowest BCUT2D eigenvalue weighted by Crippen LogP contribution is -2.38. The van der Waals surface area contributed by atoms with Crippen LogP contribution in [0.1, 0.15) is 39.9 Å². The minimum atomic E-state index is -1.12. The van der Waals surface area contributed by atoms with Crippen molar-refractivity contribution in [2.24, 2.45) is 0 Å². The first-order valence-corrected chi connectivity index (χ1v) is 8.61. The van der Waals surface area contributed by atoms with Crippen LogP contribution >= 0.6 is 11.3 Å². The third kappa shape index (κ3) is 2.92. The van der Waals surface area contributed by atoms with Gasteiger partial charge in [0.1, 0.15) is 11.2 Å². The summed E-state index contributed by atoms with van der Waals surface area (Å²) in [6, 6.07) is 3.77. The highest BCUT2D eigenvalue weighted by Crippen LogP contribution is 2.22. The molecule has 126 valence electrons. The van der Waals surface area contributed by atoms with Crippen molar-refractivity contribution in [1.82, 2.24) is 19.9 Å². The van der Waals surface area contributed by atoms with Gasteiger partial charge in [0.25, 0.3) is 5.91 Å². The van der Waals surface area contributed by atoms with Crippen LogP contribution < -0.4 is 5.32 Å². The van der Waals surface area contributed by atoms with E-state index < -0.39 is 5.60 Å². The molecule has 1 unspecified atom stereocenters. The molecule has 24 heavy (non-hydrogen) atoms. The summed E-state index contributed by atoms with van der Waals surface area (Å²) in [5.41, 5.74) is 3.02. The van der Waals surface area contributed by atoms with Crippen molar-refractivity contribution < 1.29 is 9.90 Å². The fourth-order valence-corrected chi connectivity index (χ4v) is 3.49. The number of thiophene rings is 1. The smallest absolute Gasteiger partial charge is 0.257 e. The molecule has 0 bridgehead atoms. The van der Waals surface area contributed by atoms with Gasteiger partial charge in [0.05, 0.1) is 12.2 Å². The number of nitrogens with zero attached hydrogens (tertiary/aromatic N) is 3. The molecule has 7 heteroatoms. The standard InChI is InChI=1S/C17H20N4O2S/c1-10-7-11(2)21-15(19-10)14(12(3)20-21)16(22)18-9-17(4,23)13-5-6-24-8-13/h5-8,23H,9H2,1-4H3,(H,18,22). The van der Waals surface area contributed by atoms with Gasteiger partial charge in [0.2, 0.25) is 0 Å². The van der Waals surface area contributed by atoms with Crippen LogP contribution in [0.5, 0.6) is 0 Å². The summed E-state index contributed by atoms with van der Waals surface area (Å²) in [5, 5.41) is 21.5. The van der Waals surface area contributed by atoms with Crippen molar-refractivity contribution in [3.63, 3.8) is 0 Å². The number of hydrogen-bond acceptors (Lipinski definition) is 5. The van der Waals surface area contributed by atoms with Gasteiger partial charge in [0.15, 0.2) is 5.65 Å². The number of fused-ring (bicyclic) bond motifs is 1. The van der Waals surface area contributed by atoms with Gasteiger partial charge in [0, 0.05) is 11.4 Å². The van der Waals surface area contributed by atoms with E-state index >= 15 is 0 Å². The number of hydrogen-bond donors (Lipinski definition) is 2. The molecule has 0 aliphatic rings. The van der Waals surface area contributed by atoms with Crippen LogP contribution in [0.3, 0.4) is 0 Å². The van der Waals surface area contributed by atoms with Crippen molar-refractivity contribution in [3.8, 4) is 0 Å². The van der Waals surface area contributed by atoms with E-state index in [1.54, 1.807) is 18.4 Å². The van der Waals surface area contributed by atoms with E-state index in [4.69, 9.17) is 0 Å². The van der Waals surface area contributed by atoms with Crippen LogP contribution in [-0.2, 0) is 5.60 Å². The lowest BCUT2D eigenvalue weighted by Gasteiger charge is -2.22. The molecule has 2 N–H and O–H groups in total. The third-order valence-corrected chi connectivity index (χ3v) is 4.72. The number of aryl methyl sites for hydroxylation is 3. The largest absolute Gasteiger partial charge is 0.384 e. The Balaban J connectivity index is 1.88. The van der Waals surface area contributed by atoms with E-state index in [0.717, 1.165) is 17.0 Å². The quantitative estimate of drug-likeness (QED) is 0.761. The molecule has 0 aliphatic carbocycles. The van der Waals surface area contributed by atoms with Crippen LogP contribution in [0.15, 0.2) is 22.9 Å². The minimum Gasteiger partial charge on any atom is -0.384 e. The number of carbonyl (C=O) groups excluding carboxylic acids is 1. The first-order chi connectivity index (χ1) is 11.3. The van der Waals surface area contributed by atoms with E-state index in [2.05, 4.69) is 15.4 Å². The van der Waals surface area contributed by atoms with E-state index in [1.165, 1.54) is 11.3 Å². The molecule has 0 saturated heterocycles. The van der Waals surface area contributed by atoms with E-state index in [-0.39, 0.29) is 12.5 Å². The topological polar surface area (TPSA) is 79.5 Å². The van der Waals surface area contributed by atoms with Gasteiger partial charge in [-0.1, -0.05) is 0 Å². The van der Waals surface area contributed by atoms with Crippen molar-refractivity contribution in [2.75, 3.05) is 6.54 Å². The molecule has 1 atom stereocenters. The van der Waals surface area contributed by atoms with Crippen molar-refractivity contribution in [2.45, 2.75) is 33.3 Å². The molecule has 0 spiro atoms. The third-order valence-electron chi connectivity index (χ3n) is 4.03. The van der Waals surface area contributed by atoms with Gasteiger partial charge in [-0.25, -0.2) is 9.50 Å². The Bertz CT molecular complexity index is 897. The molecule has 0 radical (unpaired) electrons. The van der Waals surface area contributed by atoms with E-state index in [9.17, 15) is 9.90 Å². The maximum absolute atomic E-state index is 12.7. The lowest BCUT2D eigenvalue weighted by molar-refractivity contribution is 0.0530. The molecule has 1 amide bonds. The molecule has 6 nitrogen and oxygen atoms in total. The second-order valence-electron chi connectivity index (χ2n) is 6.20.